The average Bonchev–Trinajstić information content (AvgIpc) is 2.83. The zero-order valence-electron chi connectivity index (χ0n) is 15.8. The van der Waals surface area contributed by atoms with Crippen molar-refractivity contribution in [3.8, 4) is 0 Å². The van der Waals surface area contributed by atoms with Crippen LogP contribution in [0.4, 0.5) is 4.39 Å². The molecule has 1 atom stereocenters. The zero-order valence-corrected chi connectivity index (χ0v) is 15.8. The number of carbonyl (C=O) groups excluding carboxylic acids is 2. The quantitative estimate of drug-likeness (QED) is 0.825. The van der Waals surface area contributed by atoms with Gasteiger partial charge in [0.05, 0.1) is 6.04 Å². The number of amides is 2. The number of halogens is 1. The molecule has 1 fully saturated rings. The van der Waals surface area contributed by atoms with Crippen molar-refractivity contribution in [2.75, 3.05) is 13.1 Å². The minimum atomic E-state index is -0.291. The number of nitrogens with zero attached hydrogens (tertiary/aromatic N) is 2. The molecule has 0 N–H and O–H groups in total. The molecule has 0 radical (unpaired) electrons. The van der Waals surface area contributed by atoms with Gasteiger partial charge in [-0.05, 0) is 35.7 Å². The first-order valence-electron chi connectivity index (χ1n) is 9.34. The standard InChI is InChI=1S/C22H25FN2O2/c1-16(2)20-15-24(22(27)18-6-4-3-5-7-18)13-12-21(26)25(20)14-17-8-10-19(23)11-9-17/h3-11,16,20H,12-15H2,1-2H3. The molecule has 0 aromatic heterocycles. The van der Waals surface area contributed by atoms with Crippen molar-refractivity contribution in [2.24, 2.45) is 5.92 Å². The van der Waals surface area contributed by atoms with E-state index in [-0.39, 0.29) is 29.6 Å². The maximum atomic E-state index is 13.2. The van der Waals surface area contributed by atoms with E-state index in [1.54, 1.807) is 29.2 Å². The van der Waals surface area contributed by atoms with Gasteiger partial charge in [0, 0.05) is 31.6 Å². The summed E-state index contributed by atoms with van der Waals surface area (Å²) in [6.07, 6.45) is 0.295. The summed E-state index contributed by atoms with van der Waals surface area (Å²) in [4.78, 5) is 29.3. The molecule has 0 saturated carbocycles. The topological polar surface area (TPSA) is 40.6 Å². The van der Waals surface area contributed by atoms with Crippen LogP contribution in [0.1, 0.15) is 36.2 Å². The summed E-state index contributed by atoms with van der Waals surface area (Å²) in [6, 6.07) is 15.3. The molecule has 2 aromatic carbocycles. The summed E-state index contributed by atoms with van der Waals surface area (Å²) >= 11 is 0. The summed E-state index contributed by atoms with van der Waals surface area (Å²) < 4.78 is 13.2. The predicted octanol–water partition coefficient (Wildman–Crippen LogP) is 3.73. The molecule has 4 nitrogen and oxygen atoms in total. The molecule has 3 rings (SSSR count). The molecule has 0 aliphatic carbocycles. The van der Waals surface area contributed by atoms with E-state index in [1.807, 2.05) is 23.1 Å². The van der Waals surface area contributed by atoms with E-state index in [0.717, 1.165) is 5.56 Å². The van der Waals surface area contributed by atoms with Crippen LogP contribution in [0.2, 0.25) is 0 Å². The number of benzene rings is 2. The molecule has 1 saturated heterocycles. The van der Waals surface area contributed by atoms with Gasteiger partial charge in [-0.1, -0.05) is 44.2 Å². The Balaban J connectivity index is 1.82. The van der Waals surface area contributed by atoms with Gasteiger partial charge in [-0.15, -0.1) is 0 Å². The van der Waals surface area contributed by atoms with E-state index in [1.165, 1.54) is 12.1 Å². The molecular weight excluding hydrogens is 343 g/mol. The van der Waals surface area contributed by atoms with Gasteiger partial charge in [-0.3, -0.25) is 9.59 Å². The lowest BCUT2D eigenvalue weighted by Crippen LogP contribution is -2.47. The Morgan fingerprint density at radius 3 is 2.41 bits per heavy atom. The van der Waals surface area contributed by atoms with Crippen LogP contribution in [0.5, 0.6) is 0 Å². The molecule has 0 bridgehead atoms. The lowest BCUT2D eigenvalue weighted by Gasteiger charge is -2.34. The fourth-order valence-corrected chi connectivity index (χ4v) is 3.49. The van der Waals surface area contributed by atoms with Crippen LogP contribution in [0.15, 0.2) is 54.6 Å². The molecule has 27 heavy (non-hydrogen) atoms. The van der Waals surface area contributed by atoms with Gasteiger partial charge in [-0.2, -0.15) is 0 Å². The Morgan fingerprint density at radius 2 is 1.78 bits per heavy atom. The van der Waals surface area contributed by atoms with Crippen LogP contribution in [0.25, 0.3) is 0 Å². The maximum Gasteiger partial charge on any atom is 0.253 e. The monoisotopic (exact) mass is 368 g/mol. The van der Waals surface area contributed by atoms with Gasteiger partial charge in [0.15, 0.2) is 0 Å². The van der Waals surface area contributed by atoms with Crippen LogP contribution in [-0.4, -0.2) is 40.7 Å². The van der Waals surface area contributed by atoms with Gasteiger partial charge in [0.1, 0.15) is 5.82 Å². The van der Waals surface area contributed by atoms with Crippen molar-refractivity contribution in [1.82, 2.24) is 9.80 Å². The second-order valence-corrected chi connectivity index (χ2v) is 7.33. The summed E-state index contributed by atoms with van der Waals surface area (Å²) in [5.74, 6) is -0.112. The third kappa shape index (κ3) is 4.54. The first-order chi connectivity index (χ1) is 13.0. The molecule has 2 aromatic rings. The summed E-state index contributed by atoms with van der Waals surface area (Å²) in [7, 11) is 0. The largest absolute Gasteiger partial charge is 0.336 e. The summed E-state index contributed by atoms with van der Waals surface area (Å²) in [6.45, 7) is 5.46. The fraction of sp³-hybridized carbons (Fsp3) is 0.364. The van der Waals surface area contributed by atoms with E-state index in [0.29, 0.717) is 31.6 Å². The number of carbonyl (C=O) groups is 2. The molecule has 2 amide bonds. The van der Waals surface area contributed by atoms with Crippen molar-refractivity contribution in [3.63, 3.8) is 0 Å². The van der Waals surface area contributed by atoms with Crippen molar-refractivity contribution in [2.45, 2.75) is 32.9 Å². The highest BCUT2D eigenvalue weighted by molar-refractivity contribution is 5.94. The van der Waals surface area contributed by atoms with Crippen LogP contribution < -0.4 is 0 Å². The lowest BCUT2D eigenvalue weighted by atomic mass is 10.0. The minimum Gasteiger partial charge on any atom is -0.336 e. The Hall–Kier alpha value is -2.69. The van der Waals surface area contributed by atoms with Gasteiger partial charge in [-0.25, -0.2) is 4.39 Å². The molecule has 5 heteroatoms. The first kappa shape index (κ1) is 19.1. The van der Waals surface area contributed by atoms with Gasteiger partial charge >= 0.3 is 0 Å². The number of rotatable bonds is 4. The summed E-state index contributed by atoms with van der Waals surface area (Å²) in [5.41, 5.74) is 1.53. The van der Waals surface area contributed by atoms with Crippen LogP contribution in [-0.2, 0) is 11.3 Å². The van der Waals surface area contributed by atoms with E-state index in [2.05, 4.69) is 13.8 Å². The second-order valence-electron chi connectivity index (χ2n) is 7.33. The average molecular weight is 368 g/mol. The Bertz CT molecular complexity index is 790. The van der Waals surface area contributed by atoms with E-state index in [9.17, 15) is 14.0 Å². The van der Waals surface area contributed by atoms with Crippen molar-refractivity contribution < 1.29 is 14.0 Å². The highest BCUT2D eigenvalue weighted by Crippen LogP contribution is 2.22. The van der Waals surface area contributed by atoms with Crippen LogP contribution in [0.3, 0.4) is 0 Å². The molecule has 1 unspecified atom stereocenters. The Kier molecular flexibility index (Phi) is 5.89. The third-order valence-corrected chi connectivity index (χ3v) is 5.07. The van der Waals surface area contributed by atoms with Crippen molar-refractivity contribution in [1.29, 1.82) is 0 Å². The predicted molar refractivity (Wildman–Crippen MR) is 103 cm³/mol. The first-order valence-corrected chi connectivity index (χ1v) is 9.34. The highest BCUT2D eigenvalue weighted by Gasteiger charge is 2.33. The number of hydrogen-bond donors (Lipinski definition) is 0. The molecule has 0 spiro atoms. The smallest absolute Gasteiger partial charge is 0.253 e. The number of hydrogen-bond acceptors (Lipinski definition) is 2. The van der Waals surface area contributed by atoms with E-state index < -0.39 is 0 Å². The molecular formula is C22H25FN2O2. The highest BCUT2D eigenvalue weighted by atomic mass is 19.1. The van der Waals surface area contributed by atoms with E-state index >= 15 is 0 Å². The van der Waals surface area contributed by atoms with Gasteiger partial charge in [0.25, 0.3) is 5.91 Å². The van der Waals surface area contributed by atoms with Gasteiger partial charge in [0.2, 0.25) is 5.91 Å². The van der Waals surface area contributed by atoms with Crippen molar-refractivity contribution >= 4 is 11.8 Å². The van der Waals surface area contributed by atoms with Crippen LogP contribution in [0, 0.1) is 11.7 Å². The molecule has 1 aliphatic rings. The molecule has 1 heterocycles. The van der Waals surface area contributed by atoms with Gasteiger partial charge < -0.3 is 9.80 Å². The Morgan fingerprint density at radius 1 is 1.11 bits per heavy atom. The third-order valence-electron chi connectivity index (χ3n) is 5.07. The normalized spacial score (nSPS) is 17.9. The summed E-state index contributed by atoms with van der Waals surface area (Å²) in [5, 5.41) is 0. The minimum absolute atomic E-state index is 0.0291. The molecule has 1 aliphatic heterocycles. The van der Waals surface area contributed by atoms with Crippen LogP contribution >= 0.6 is 0 Å². The second kappa shape index (κ2) is 8.33. The zero-order chi connectivity index (χ0) is 19.4. The fourth-order valence-electron chi connectivity index (χ4n) is 3.49. The molecule has 142 valence electrons. The van der Waals surface area contributed by atoms with E-state index in [4.69, 9.17) is 0 Å². The Labute approximate surface area is 159 Å². The van der Waals surface area contributed by atoms with Crippen molar-refractivity contribution in [3.05, 3.63) is 71.5 Å². The SMILES string of the molecule is CC(C)C1CN(C(=O)c2ccccc2)CCC(=O)N1Cc1ccc(F)cc1. The lowest BCUT2D eigenvalue weighted by molar-refractivity contribution is -0.134. The maximum absolute atomic E-state index is 13.2.